The maximum absolute atomic E-state index is 10.6. The van der Waals surface area contributed by atoms with Crippen molar-refractivity contribution in [3.05, 3.63) is 23.8 Å². The molecule has 24 heavy (non-hydrogen) atoms. The molecule has 5 heteroatoms. The van der Waals surface area contributed by atoms with E-state index in [0.29, 0.717) is 6.54 Å². The molecule has 1 aliphatic carbocycles. The minimum atomic E-state index is -0.472. The predicted octanol–water partition coefficient (Wildman–Crippen LogP) is 2.40. The highest BCUT2D eigenvalue weighted by atomic mass is 16.7. The predicted molar refractivity (Wildman–Crippen MR) is 92.4 cm³/mol. The third kappa shape index (κ3) is 3.53. The molecule has 1 aromatic carbocycles. The molecule has 1 aromatic rings. The Balaban J connectivity index is 1.28. The monoisotopic (exact) mass is 332 g/mol. The van der Waals surface area contributed by atoms with E-state index in [4.69, 9.17) is 9.47 Å². The summed E-state index contributed by atoms with van der Waals surface area (Å²) >= 11 is 0. The van der Waals surface area contributed by atoms with Crippen molar-refractivity contribution < 1.29 is 14.6 Å². The average Bonchev–Trinajstić information content (AvgIpc) is 3.11. The Labute approximate surface area is 144 Å². The largest absolute Gasteiger partial charge is 0.454 e. The molecule has 2 heterocycles. The molecule has 3 aliphatic rings. The number of aliphatic hydroxyl groups is 1. The van der Waals surface area contributed by atoms with Gasteiger partial charge in [-0.2, -0.15) is 0 Å². The van der Waals surface area contributed by atoms with Crippen molar-refractivity contribution in [3.8, 4) is 11.5 Å². The van der Waals surface area contributed by atoms with Gasteiger partial charge in [-0.15, -0.1) is 0 Å². The van der Waals surface area contributed by atoms with E-state index < -0.39 is 6.10 Å². The lowest BCUT2D eigenvalue weighted by Gasteiger charge is -2.41. The third-order valence-electron chi connectivity index (χ3n) is 5.71. The van der Waals surface area contributed by atoms with Gasteiger partial charge < -0.3 is 14.6 Å². The summed E-state index contributed by atoms with van der Waals surface area (Å²) in [5, 5.41) is 10.6. The van der Waals surface area contributed by atoms with Crippen LogP contribution in [0.4, 0.5) is 0 Å². The van der Waals surface area contributed by atoms with Gasteiger partial charge in [0.1, 0.15) is 0 Å². The molecule has 2 aliphatic heterocycles. The van der Waals surface area contributed by atoms with E-state index in [-0.39, 0.29) is 6.79 Å². The number of rotatable bonds is 4. The van der Waals surface area contributed by atoms with Crippen LogP contribution in [0.15, 0.2) is 18.2 Å². The fraction of sp³-hybridized carbons (Fsp3) is 0.684. The van der Waals surface area contributed by atoms with Crippen LogP contribution in [0.5, 0.6) is 11.5 Å². The Morgan fingerprint density at radius 3 is 2.54 bits per heavy atom. The molecule has 0 amide bonds. The van der Waals surface area contributed by atoms with Crippen molar-refractivity contribution in [2.24, 2.45) is 0 Å². The van der Waals surface area contributed by atoms with Crippen molar-refractivity contribution in [1.29, 1.82) is 0 Å². The van der Waals surface area contributed by atoms with Crippen LogP contribution >= 0.6 is 0 Å². The smallest absolute Gasteiger partial charge is 0.231 e. The van der Waals surface area contributed by atoms with E-state index in [0.717, 1.165) is 49.3 Å². The Kier molecular flexibility index (Phi) is 4.92. The Bertz CT molecular complexity index is 552. The molecular weight excluding hydrogens is 304 g/mol. The topological polar surface area (TPSA) is 45.2 Å². The minimum absolute atomic E-state index is 0.276. The van der Waals surface area contributed by atoms with Crippen LogP contribution in [0.1, 0.15) is 43.8 Å². The molecule has 1 unspecified atom stereocenters. The van der Waals surface area contributed by atoms with Gasteiger partial charge in [-0.1, -0.05) is 25.3 Å². The van der Waals surface area contributed by atoms with Crippen molar-refractivity contribution in [2.75, 3.05) is 39.5 Å². The number of benzene rings is 1. The number of hydrogen-bond acceptors (Lipinski definition) is 5. The maximum atomic E-state index is 10.6. The number of fused-ring (bicyclic) bond motifs is 1. The fourth-order valence-corrected chi connectivity index (χ4v) is 4.23. The molecule has 1 saturated heterocycles. The number of ether oxygens (including phenoxy) is 2. The highest BCUT2D eigenvalue weighted by Gasteiger charge is 2.26. The third-order valence-corrected chi connectivity index (χ3v) is 5.71. The molecule has 0 radical (unpaired) electrons. The number of nitrogens with zero attached hydrogens (tertiary/aromatic N) is 2. The molecule has 132 valence electrons. The summed E-state index contributed by atoms with van der Waals surface area (Å²) in [6.07, 6.45) is 6.49. The zero-order chi connectivity index (χ0) is 16.4. The van der Waals surface area contributed by atoms with Crippen LogP contribution in [0.25, 0.3) is 0 Å². The first-order chi connectivity index (χ1) is 11.8. The van der Waals surface area contributed by atoms with E-state index >= 15 is 0 Å². The van der Waals surface area contributed by atoms with Crippen LogP contribution in [0.3, 0.4) is 0 Å². The first kappa shape index (κ1) is 16.2. The van der Waals surface area contributed by atoms with Crippen LogP contribution in [-0.2, 0) is 0 Å². The second kappa shape index (κ2) is 7.30. The molecule has 0 bridgehead atoms. The molecular formula is C19H28N2O3. The van der Waals surface area contributed by atoms with Crippen molar-refractivity contribution in [3.63, 3.8) is 0 Å². The Morgan fingerprint density at radius 1 is 1.00 bits per heavy atom. The number of hydrogen-bond donors (Lipinski definition) is 1. The first-order valence-corrected chi connectivity index (χ1v) is 9.33. The minimum Gasteiger partial charge on any atom is -0.454 e. The van der Waals surface area contributed by atoms with E-state index in [9.17, 15) is 5.11 Å². The van der Waals surface area contributed by atoms with E-state index in [1.165, 1.54) is 32.1 Å². The fourth-order valence-electron chi connectivity index (χ4n) is 4.23. The zero-order valence-corrected chi connectivity index (χ0v) is 14.3. The Hall–Kier alpha value is -1.30. The van der Waals surface area contributed by atoms with Gasteiger partial charge in [0.25, 0.3) is 0 Å². The van der Waals surface area contributed by atoms with Gasteiger partial charge in [-0.3, -0.25) is 9.80 Å². The van der Waals surface area contributed by atoms with Crippen molar-refractivity contribution in [1.82, 2.24) is 9.80 Å². The molecule has 1 atom stereocenters. The Morgan fingerprint density at radius 2 is 1.75 bits per heavy atom. The number of aliphatic hydroxyl groups excluding tert-OH is 1. The van der Waals surface area contributed by atoms with Gasteiger partial charge in [0.2, 0.25) is 6.79 Å². The SMILES string of the molecule is OC(CN1CCN(C2CCCCC2)CC1)c1ccc2c(c1)OCO2. The van der Waals surface area contributed by atoms with Crippen molar-refractivity contribution in [2.45, 2.75) is 44.2 Å². The lowest BCUT2D eigenvalue weighted by molar-refractivity contribution is 0.0474. The van der Waals surface area contributed by atoms with Crippen LogP contribution in [0.2, 0.25) is 0 Å². The van der Waals surface area contributed by atoms with E-state index in [1.807, 2.05) is 18.2 Å². The van der Waals surface area contributed by atoms with E-state index in [2.05, 4.69) is 9.80 Å². The summed E-state index contributed by atoms with van der Waals surface area (Å²) in [7, 11) is 0. The normalized spacial score (nSPS) is 24.2. The summed E-state index contributed by atoms with van der Waals surface area (Å²) in [5.74, 6) is 1.51. The molecule has 0 spiro atoms. The molecule has 5 nitrogen and oxygen atoms in total. The van der Waals surface area contributed by atoms with Crippen LogP contribution in [0, 0.1) is 0 Å². The number of piperazine rings is 1. The van der Waals surface area contributed by atoms with Gasteiger partial charge >= 0.3 is 0 Å². The highest BCUT2D eigenvalue weighted by Crippen LogP contribution is 2.34. The maximum Gasteiger partial charge on any atom is 0.231 e. The molecule has 2 fully saturated rings. The lowest BCUT2D eigenvalue weighted by Crippen LogP contribution is -2.51. The van der Waals surface area contributed by atoms with Gasteiger partial charge in [0.05, 0.1) is 6.10 Å². The quantitative estimate of drug-likeness (QED) is 0.917. The van der Waals surface area contributed by atoms with Gasteiger partial charge in [0, 0.05) is 38.8 Å². The molecule has 1 saturated carbocycles. The lowest BCUT2D eigenvalue weighted by atomic mass is 9.94. The standard InChI is InChI=1S/C19H28N2O3/c22-17(15-6-7-18-19(12-15)24-14-23-18)13-20-8-10-21(11-9-20)16-4-2-1-3-5-16/h6-7,12,16-17,22H,1-5,8-11,13-14H2. The first-order valence-electron chi connectivity index (χ1n) is 9.33. The highest BCUT2D eigenvalue weighted by molar-refractivity contribution is 5.45. The van der Waals surface area contributed by atoms with Gasteiger partial charge in [-0.05, 0) is 30.5 Å². The van der Waals surface area contributed by atoms with Crippen LogP contribution < -0.4 is 9.47 Å². The summed E-state index contributed by atoms with van der Waals surface area (Å²) in [6.45, 7) is 5.35. The van der Waals surface area contributed by atoms with Gasteiger partial charge in [0.15, 0.2) is 11.5 Å². The van der Waals surface area contributed by atoms with Crippen LogP contribution in [-0.4, -0.2) is 60.5 Å². The summed E-state index contributed by atoms with van der Waals surface area (Å²) in [4.78, 5) is 5.05. The van der Waals surface area contributed by atoms with Gasteiger partial charge in [-0.25, -0.2) is 0 Å². The van der Waals surface area contributed by atoms with Crippen molar-refractivity contribution >= 4 is 0 Å². The second-order valence-electron chi connectivity index (χ2n) is 7.26. The average molecular weight is 332 g/mol. The molecule has 0 aromatic heterocycles. The summed E-state index contributed by atoms with van der Waals surface area (Å²) in [5.41, 5.74) is 0.911. The summed E-state index contributed by atoms with van der Waals surface area (Å²) < 4.78 is 10.7. The second-order valence-corrected chi connectivity index (χ2v) is 7.26. The van der Waals surface area contributed by atoms with E-state index in [1.54, 1.807) is 0 Å². The number of β-amino-alcohol motifs (C(OH)–C–C–N with tert-alkyl or cyclic N) is 1. The zero-order valence-electron chi connectivity index (χ0n) is 14.3. The summed E-state index contributed by atoms with van der Waals surface area (Å²) in [6, 6.07) is 6.54. The molecule has 1 N–H and O–H groups in total. The molecule has 4 rings (SSSR count).